The third-order valence-electron chi connectivity index (χ3n) is 4.80. The van der Waals surface area contributed by atoms with Crippen molar-refractivity contribution in [1.82, 2.24) is 15.0 Å². The molecule has 0 spiro atoms. The van der Waals surface area contributed by atoms with Gasteiger partial charge in [0.25, 0.3) is 0 Å². The molecule has 0 amide bonds. The molecule has 6 nitrogen and oxygen atoms in total. The maximum absolute atomic E-state index is 9.23. The molecule has 25 heavy (non-hydrogen) atoms. The van der Waals surface area contributed by atoms with Gasteiger partial charge in [0, 0.05) is 35.8 Å². The van der Waals surface area contributed by atoms with Gasteiger partial charge in [0.2, 0.25) is 0 Å². The van der Waals surface area contributed by atoms with Crippen molar-refractivity contribution in [3.05, 3.63) is 36.2 Å². The first-order chi connectivity index (χ1) is 12.2. The molecule has 1 fully saturated rings. The number of fused-ring (bicyclic) bond motifs is 1. The van der Waals surface area contributed by atoms with Crippen molar-refractivity contribution in [1.29, 1.82) is 5.26 Å². The number of nitriles is 1. The first-order valence-electron chi connectivity index (χ1n) is 8.51. The minimum absolute atomic E-state index is 0.0225. The van der Waals surface area contributed by atoms with Gasteiger partial charge in [0.15, 0.2) is 11.6 Å². The first kappa shape index (κ1) is 15.5. The standard InChI is InChI=1S/C19H20N6/c1-12-4-5-16-14(7-12)15(9-22-16)17-10-23-18(21)19(24-17)25-6-2-3-13(8-20)11-25/h4-5,7,9-10,13,22H,2-3,6,11H2,1H3,(H2,21,23). The van der Waals surface area contributed by atoms with Crippen LogP contribution in [0.4, 0.5) is 11.6 Å². The van der Waals surface area contributed by atoms with Gasteiger partial charge in [-0.15, -0.1) is 0 Å². The number of aryl methyl sites for hydroxylation is 1. The largest absolute Gasteiger partial charge is 0.381 e. The van der Waals surface area contributed by atoms with E-state index in [-0.39, 0.29) is 5.92 Å². The Bertz CT molecular complexity index is 968. The monoisotopic (exact) mass is 332 g/mol. The third-order valence-corrected chi connectivity index (χ3v) is 4.80. The number of rotatable bonds is 2. The van der Waals surface area contributed by atoms with Crippen LogP contribution < -0.4 is 10.6 Å². The van der Waals surface area contributed by atoms with E-state index < -0.39 is 0 Å². The van der Waals surface area contributed by atoms with Gasteiger partial charge >= 0.3 is 0 Å². The van der Waals surface area contributed by atoms with Crippen LogP contribution in [0.3, 0.4) is 0 Å². The second-order valence-corrected chi connectivity index (χ2v) is 6.63. The molecule has 1 unspecified atom stereocenters. The lowest BCUT2D eigenvalue weighted by Crippen LogP contribution is -2.36. The first-order valence-corrected chi connectivity index (χ1v) is 8.51. The van der Waals surface area contributed by atoms with E-state index in [2.05, 4.69) is 46.1 Å². The minimum Gasteiger partial charge on any atom is -0.381 e. The quantitative estimate of drug-likeness (QED) is 0.751. The summed E-state index contributed by atoms with van der Waals surface area (Å²) in [5, 5.41) is 10.3. The zero-order valence-electron chi connectivity index (χ0n) is 14.2. The number of anilines is 2. The number of aromatic nitrogens is 3. The highest BCUT2D eigenvalue weighted by molar-refractivity contribution is 5.95. The molecule has 4 rings (SSSR count). The summed E-state index contributed by atoms with van der Waals surface area (Å²) in [5.41, 5.74) is 10.2. The van der Waals surface area contributed by atoms with E-state index in [1.54, 1.807) is 6.20 Å². The number of H-pyrrole nitrogens is 1. The van der Waals surface area contributed by atoms with Crippen molar-refractivity contribution < 1.29 is 0 Å². The number of nitrogen functional groups attached to an aromatic ring is 1. The molecule has 1 aliphatic rings. The van der Waals surface area contributed by atoms with Crippen LogP contribution >= 0.6 is 0 Å². The Labute approximate surface area is 146 Å². The molecule has 0 aliphatic carbocycles. The smallest absolute Gasteiger partial charge is 0.172 e. The molecule has 0 saturated carbocycles. The summed E-state index contributed by atoms with van der Waals surface area (Å²) in [6, 6.07) is 8.66. The molecular weight excluding hydrogens is 312 g/mol. The highest BCUT2D eigenvalue weighted by atomic mass is 15.2. The lowest BCUT2D eigenvalue weighted by atomic mass is 10.00. The molecule has 0 radical (unpaired) electrons. The van der Waals surface area contributed by atoms with E-state index in [0.29, 0.717) is 18.2 Å². The summed E-state index contributed by atoms with van der Waals surface area (Å²) in [7, 11) is 0. The number of nitrogens with one attached hydrogen (secondary N) is 1. The molecule has 1 atom stereocenters. The Morgan fingerprint density at radius 2 is 2.28 bits per heavy atom. The highest BCUT2D eigenvalue weighted by Gasteiger charge is 2.23. The second-order valence-electron chi connectivity index (χ2n) is 6.63. The van der Waals surface area contributed by atoms with E-state index in [9.17, 15) is 5.26 Å². The van der Waals surface area contributed by atoms with Crippen LogP contribution in [0, 0.1) is 24.2 Å². The Balaban J connectivity index is 1.76. The summed E-state index contributed by atoms with van der Waals surface area (Å²) in [6.07, 6.45) is 5.58. The molecule has 1 saturated heterocycles. The Kier molecular flexibility index (Phi) is 3.77. The molecule has 3 N–H and O–H groups in total. The number of nitrogens with zero attached hydrogens (tertiary/aromatic N) is 4. The van der Waals surface area contributed by atoms with Gasteiger partial charge in [-0.2, -0.15) is 5.26 Å². The van der Waals surface area contributed by atoms with Crippen molar-refractivity contribution in [3.63, 3.8) is 0 Å². The maximum Gasteiger partial charge on any atom is 0.172 e. The number of nitrogens with two attached hydrogens (primary N) is 1. The maximum atomic E-state index is 9.23. The normalized spacial score (nSPS) is 17.6. The van der Waals surface area contributed by atoms with Crippen LogP contribution in [0.2, 0.25) is 0 Å². The topological polar surface area (TPSA) is 94.6 Å². The second kappa shape index (κ2) is 6.10. The summed E-state index contributed by atoms with van der Waals surface area (Å²) < 4.78 is 0. The summed E-state index contributed by atoms with van der Waals surface area (Å²) in [4.78, 5) is 14.5. The third kappa shape index (κ3) is 2.78. The summed E-state index contributed by atoms with van der Waals surface area (Å²) in [5.74, 6) is 1.12. The number of hydrogen-bond acceptors (Lipinski definition) is 5. The zero-order valence-corrected chi connectivity index (χ0v) is 14.2. The average Bonchev–Trinajstić information content (AvgIpc) is 3.05. The van der Waals surface area contributed by atoms with Gasteiger partial charge in [-0.25, -0.2) is 9.97 Å². The van der Waals surface area contributed by atoms with Gasteiger partial charge in [-0.1, -0.05) is 11.6 Å². The van der Waals surface area contributed by atoms with Crippen molar-refractivity contribution in [2.24, 2.45) is 5.92 Å². The van der Waals surface area contributed by atoms with Gasteiger partial charge in [0.1, 0.15) is 0 Å². The van der Waals surface area contributed by atoms with Crippen LogP contribution in [0.1, 0.15) is 18.4 Å². The molecule has 2 aromatic heterocycles. The predicted octanol–water partition coefficient (Wildman–Crippen LogP) is 3.26. The van der Waals surface area contributed by atoms with Gasteiger partial charge in [-0.3, -0.25) is 0 Å². The molecule has 3 aromatic rings. The molecule has 126 valence electrons. The van der Waals surface area contributed by atoms with Crippen LogP contribution in [-0.4, -0.2) is 28.0 Å². The average molecular weight is 332 g/mol. The van der Waals surface area contributed by atoms with E-state index in [1.165, 1.54) is 5.56 Å². The molecular formula is C19H20N6. The SMILES string of the molecule is Cc1ccc2[nH]cc(-c3cnc(N)c(N4CCCC(C#N)C4)n3)c2c1. The van der Waals surface area contributed by atoms with E-state index in [0.717, 1.165) is 41.5 Å². The Morgan fingerprint density at radius 1 is 1.40 bits per heavy atom. The van der Waals surface area contributed by atoms with Gasteiger partial charge < -0.3 is 15.6 Å². The highest BCUT2D eigenvalue weighted by Crippen LogP contribution is 2.31. The van der Waals surface area contributed by atoms with Crippen molar-refractivity contribution in [3.8, 4) is 17.3 Å². The summed E-state index contributed by atoms with van der Waals surface area (Å²) >= 11 is 0. The molecule has 0 bridgehead atoms. The Morgan fingerprint density at radius 3 is 3.12 bits per heavy atom. The van der Waals surface area contributed by atoms with E-state index >= 15 is 0 Å². The zero-order chi connectivity index (χ0) is 17.4. The molecule has 1 aliphatic heterocycles. The Hall–Kier alpha value is -3.07. The van der Waals surface area contributed by atoms with Crippen LogP contribution in [0.15, 0.2) is 30.6 Å². The fraction of sp³-hybridized carbons (Fsp3) is 0.316. The van der Waals surface area contributed by atoms with Gasteiger partial charge in [0.05, 0.1) is 23.9 Å². The van der Waals surface area contributed by atoms with E-state index in [4.69, 9.17) is 10.7 Å². The number of piperidine rings is 1. The molecule has 6 heteroatoms. The van der Waals surface area contributed by atoms with Crippen molar-refractivity contribution in [2.75, 3.05) is 23.7 Å². The minimum atomic E-state index is 0.0225. The summed E-state index contributed by atoms with van der Waals surface area (Å²) in [6.45, 7) is 3.59. The molecule has 3 heterocycles. The fourth-order valence-corrected chi connectivity index (χ4v) is 3.47. The molecule has 1 aromatic carbocycles. The fourth-order valence-electron chi connectivity index (χ4n) is 3.47. The van der Waals surface area contributed by atoms with Crippen LogP contribution in [0.25, 0.3) is 22.2 Å². The number of hydrogen-bond donors (Lipinski definition) is 2. The lowest BCUT2D eigenvalue weighted by molar-refractivity contribution is 0.491. The lowest BCUT2D eigenvalue weighted by Gasteiger charge is -2.31. The van der Waals surface area contributed by atoms with Crippen molar-refractivity contribution >= 4 is 22.5 Å². The van der Waals surface area contributed by atoms with E-state index in [1.807, 2.05) is 6.20 Å². The van der Waals surface area contributed by atoms with Crippen LogP contribution in [-0.2, 0) is 0 Å². The number of benzene rings is 1. The predicted molar refractivity (Wildman–Crippen MR) is 99.0 cm³/mol. The number of aromatic amines is 1. The van der Waals surface area contributed by atoms with Crippen LogP contribution in [0.5, 0.6) is 0 Å². The van der Waals surface area contributed by atoms with Crippen molar-refractivity contribution in [2.45, 2.75) is 19.8 Å². The van der Waals surface area contributed by atoms with Gasteiger partial charge in [-0.05, 0) is 31.9 Å².